The number of ether oxygens (including phenoxy) is 2. The van der Waals surface area contributed by atoms with Gasteiger partial charge in [0.15, 0.2) is 6.10 Å². The highest BCUT2D eigenvalue weighted by Crippen LogP contribution is 2.40. The van der Waals surface area contributed by atoms with Crippen LogP contribution in [0.3, 0.4) is 0 Å². The van der Waals surface area contributed by atoms with Crippen LogP contribution in [0.1, 0.15) is 34.6 Å². The molecule has 3 aromatic rings. The fraction of sp³-hybridized carbons (Fsp3) is 0.385. The van der Waals surface area contributed by atoms with Gasteiger partial charge in [-0.3, -0.25) is 9.59 Å². The van der Waals surface area contributed by atoms with E-state index < -0.39 is 23.9 Å². The van der Waals surface area contributed by atoms with Gasteiger partial charge in [0, 0.05) is 44.9 Å². The van der Waals surface area contributed by atoms with Crippen LogP contribution in [0.15, 0.2) is 59.7 Å². The highest BCUT2D eigenvalue weighted by atomic mass is 19.4. The van der Waals surface area contributed by atoms with Crippen molar-refractivity contribution in [2.24, 2.45) is 0 Å². The molecule has 40 heavy (non-hydrogen) atoms. The number of nitrogens with zero attached hydrogens (tertiary/aromatic N) is 3. The average molecular weight is 565 g/mol. The highest BCUT2D eigenvalue weighted by Gasteiger charge is 2.47. The normalized spacial score (nSPS) is 17.8. The molecule has 1 atom stereocenters. The molecule has 5 rings (SSSR count). The van der Waals surface area contributed by atoms with Crippen molar-refractivity contribution in [2.75, 3.05) is 20.2 Å². The average Bonchev–Trinajstić information content (AvgIpc) is 3.65. The Morgan fingerprint density at radius 1 is 1.23 bits per heavy atom. The second-order valence-corrected chi connectivity index (χ2v) is 9.18. The number of carboxylic acid groups (broad SMARTS) is 1. The number of imidazole rings is 1. The van der Waals surface area contributed by atoms with E-state index in [-0.39, 0.29) is 11.8 Å². The van der Waals surface area contributed by atoms with Crippen LogP contribution in [0.2, 0.25) is 0 Å². The summed E-state index contributed by atoms with van der Waals surface area (Å²) >= 11 is 0. The molecule has 0 radical (unpaired) electrons. The van der Waals surface area contributed by atoms with E-state index in [0.717, 1.165) is 17.1 Å². The Balaban J connectivity index is 0.000000470. The van der Waals surface area contributed by atoms with Gasteiger partial charge < -0.3 is 33.8 Å². The lowest BCUT2D eigenvalue weighted by Gasteiger charge is -2.45. The number of carbonyl (C=O) groups is 3. The summed E-state index contributed by atoms with van der Waals surface area (Å²) in [5.74, 6) is -1.43. The summed E-state index contributed by atoms with van der Waals surface area (Å²) in [5, 5.41) is 10.1. The number of methoxy groups -OCH3 is 1. The topological polar surface area (TPSA) is 136 Å². The number of hydrogen-bond donors (Lipinski definition) is 2. The lowest BCUT2D eigenvalue weighted by molar-refractivity contribution is -0.192. The zero-order chi connectivity index (χ0) is 28.9. The van der Waals surface area contributed by atoms with Gasteiger partial charge in [-0.25, -0.2) is 9.78 Å². The standard InChI is InChI=1S/C24H26N4O5.C2HF3O2/c1-31-19-4-2-3-17(13-19)14-26-21(29)20-15-28-11-8-25-23(28)24(33-20)6-9-27(10-7-24)22(30)18-5-12-32-16-18;3-2(4,5)1(6)7/h2-5,8,11-13,16,20H,6-7,9-10,14-15H2,1H3,(H,26,29);(H,6,7). The number of piperidine rings is 1. The lowest BCUT2D eigenvalue weighted by atomic mass is 9.88. The number of carboxylic acids is 1. The van der Waals surface area contributed by atoms with Crippen LogP contribution in [0, 0.1) is 0 Å². The van der Waals surface area contributed by atoms with E-state index in [9.17, 15) is 22.8 Å². The Kier molecular flexibility index (Phi) is 8.47. The third kappa shape index (κ3) is 6.45. The molecule has 214 valence electrons. The Labute approximate surface area is 226 Å². The minimum atomic E-state index is -5.08. The number of nitrogens with one attached hydrogen (secondary N) is 1. The Bertz CT molecular complexity index is 1330. The van der Waals surface area contributed by atoms with Gasteiger partial charge in [0.25, 0.3) is 11.8 Å². The molecule has 14 heteroatoms. The minimum Gasteiger partial charge on any atom is -0.497 e. The van der Waals surface area contributed by atoms with E-state index in [2.05, 4.69) is 10.3 Å². The number of carbonyl (C=O) groups excluding carboxylic acids is 2. The summed E-state index contributed by atoms with van der Waals surface area (Å²) in [6, 6.07) is 9.25. The van der Waals surface area contributed by atoms with Gasteiger partial charge in [-0.1, -0.05) is 12.1 Å². The molecule has 0 bridgehead atoms. The van der Waals surface area contributed by atoms with Crippen molar-refractivity contribution in [3.63, 3.8) is 0 Å². The third-order valence-electron chi connectivity index (χ3n) is 6.62. The van der Waals surface area contributed by atoms with Crippen molar-refractivity contribution in [1.82, 2.24) is 19.8 Å². The molecule has 1 saturated heterocycles. The molecular weight excluding hydrogens is 537 g/mol. The fourth-order valence-corrected chi connectivity index (χ4v) is 4.60. The molecule has 4 heterocycles. The van der Waals surface area contributed by atoms with Gasteiger partial charge in [0.05, 0.1) is 25.5 Å². The Morgan fingerprint density at radius 2 is 1.95 bits per heavy atom. The van der Waals surface area contributed by atoms with E-state index in [1.165, 1.54) is 12.5 Å². The molecule has 1 spiro atoms. The van der Waals surface area contributed by atoms with Crippen LogP contribution in [-0.2, 0) is 33.0 Å². The molecular formula is C26H27F3N4O7. The largest absolute Gasteiger partial charge is 0.497 e. The molecule has 1 fully saturated rings. The summed E-state index contributed by atoms with van der Waals surface area (Å²) in [4.78, 5) is 41.0. The van der Waals surface area contributed by atoms with E-state index >= 15 is 0 Å². The first-order valence-electron chi connectivity index (χ1n) is 12.2. The minimum absolute atomic E-state index is 0.0645. The van der Waals surface area contributed by atoms with E-state index in [0.29, 0.717) is 44.6 Å². The molecule has 11 nitrogen and oxygen atoms in total. The van der Waals surface area contributed by atoms with Gasteiger partial charge in [-0.15, -0.1) is 0 Å². The third-order valence-corrected chi connectivity index (χ3v) is 6.62. The quantitative estimate of drug-likeness (QED) is 0.483. The first kappa shape index (κ1) is 28.7. The van der Waals surface area contributed by atoms with Crippen LogP contribution in [0.5, 0.6) is 5.75 Å². The predicted molar refractivity (Wildman–Crippen MR) is 131 cm³/mol. The maximum atomic E-state index is 13.0. The number of benzene rings is 1. The van der Waals surface area contributed by atoms with E-state index in [1.807, 2.05) is 35.0 Å². The van der Waals surface area contributed by atoms with Gasteiger partial charge in [-0.2, -0.15) is 13.2 Å². The number of rotatable bonds is 5. The number of hydrogen-bond acceptors (Lipinski definition) is 7. The first-order chi connectivity index (χ1) is 19.0. The van der Waals surface area contributed by atoms with Crippen molar-refractivity contribution in [2.45, 2.75) is 43.8 Å². The van der Waals surface area contributed by atoms with Crippen LogP contribution in [0.25, 0.3) is 0 Å². The van der Waals surface area contributed by atoms with Crippen LogP contribution in [0.4, 0.5) is 13.2 Å². The van der Waals surface area contributed by atoms with Gasteiger partial charge >= 0.3 is 12.1 Å². The summed E-state index contributed by atoms with van der Waals surface area (Å²) in [7, 11) is 1.61. The summed E-state index contributed by atoms with van der Waals surface area (Å²) in [6.45, 7) is 1.80. The Morgan fingerprint density at radius 3 is 2.58 bits per heavy atom. The number of halogens is 3. The molecule has 2 aromatic heterocycles. The zero-order valence-electron chi connectivity index (χ0n) is 21.4. The number of likely N-dealkylation sites (tertiary alicyclic amines) is 1. The second-order valence-electron chi connectivity index (χ2n) is 9.18. The van der Waals surface area contributed by atoms with Crippen LogP contribution >= 0.6 is 0 Å². The number of aliphatic carboxylic acids is 1. The summed E-state index contributed by atoms with van der Waals surface area (Å²) in [6.07, 6.45) is 1.97. The maximum absolute atomic E-state index is 13.0. The molecule has 0 aliphatic carbocycles. The molecule has 1 aromatic carbocycles. The molecule has 0 saturated carbocycles. The number of amides is 2. The second kappa shape index (κ2) is 11.8. The van der Waals surface area contributed by atoms with Crippen LogP contribution < -0.4 is 10.1 Å². The van der Waals surface area contributed by atoms with E-state index in [4.69, 9.17) is 23.8 Å². The van der Waals surface area contributed by atoms with Gasteiger partial charge in [-0.05, 0) is 23.8 Å². The predicted octanol–water partition coefficient (Wildman–Crippen LogP) is 2.96. The smallest absolute Gasteiger partial charge is 0.490 e. The van der Waals surface area contributed by atoms with Crippen LogP contribution in [-0.4, -0.2) is 69.8 Å². The van der Waals surface area contributed by atoms with Crippen molar-refractivity contribution in [3.05, 3.63) is 72.2 Å². The van der Waals surface area contributed by atoms with Gasteiger partial charge in [0.2, 0.25) is 0 Å². The van der Waals surface area contributed by atoms with Gasteiger partial charge in [0.1, 0.15) is 23.4 Å². The zero-order valence-corrected chi connectivity index (χ0v) is 21.4. The monoisotopic (exact) mass is 564 g/mol. The highest BCUT2D eigenvalue weighted by molar-refractivity contribution is 5.93. The molecule has 2 amide bonds. The van der Waals surface area contributed by atoms with Crippen molar-refractivity contribution in [1.29, 1.82) is 0 Å². The number of alkyl halides is 3. The van der Waals surface area contributed by atoms with Crippen molar-refractivity contribution in [3.8, 4) is 5.75 Å². The molecule has 2 N–H and O–H groups in total. The summed E-state index contributed by atoms with van der Waals surface area (Å²) < 4.78 is 50.5. The SMILES string of the molecule is COc1cccc(CNC(=O)C2Cn3ccnc3C3(CCN(C(=O)c4ccoc4)CC3)O2)c1.O=C(O)C(F)(F)F. The Hall–Kier alpha value is -4.33. The number of aromatic nitrogens is 2. The maximum Gasteiger partial charge on any atom is 0.490 e. The summed E-state index contributed by atoms with van der Waals surface area (Å²) in [5.41, 5.74) is 0.779. The van der Waals surface area contributed by atoms with E-state index in [1.54, 1.807) is 24.3 Å². The molecule has 2 aliphatic rings. The molecule has 1 unspecified atom stereocenters. The van der Waals surface area contributed by atoms with Crippen molar-refractivity contribution < 1.29 is 46.6 Å². The lowest BCUT2D eigenvalue weighted by Crippen LogP contribution is -2.54. The number of furan rings is 1. The fourth-order valence-electron chi connectivity index (χ4n) is 4.60. The number of fused-ring (bicyclic) bond motifs is 2. The molecule has 2 aliphatic heterocycles. The first-order valence-corrected chi connectivity index (χ1v) is 12.2. The van der Waals surface area contributed by atoms with Crippen molar-refractivity contribution >= 4 is 17.8 Å².